The van der Waals surface area contributed by atoms with Crippen LogP contribution in [0.5, 0.6) is 0 Å². The largest absolute Gasteiger partial charge is 0.304 e. The molecule has 0 amide bonds. The Bertz CT molecular complexity index is 634. The van der Waals surface area contributed by atoms with E-state index in [-0.39, 0.29) is 36.4 Å². The number of benzene rings is 2. The van der Waals surface area contributed by atoms with E-state index in [0.717, 1.165) is 6.54 Å². The maximum absolute atomic E-state index is 3.71. The lowest BCUT2D eigenvalue weighted by Gasteiger charge is -2.45. The highest BCUT2D eigenvalue weighted by Gasteiger charge is 2.41. The Morgan fingerprint density at radius 2 is 1.41 bits per heavy atom. The highest BCUT2D eigenvalue weighted by molar-refractivity contribution is 5.85. The molecular weight excluding hydrogens is 399 g/mol. The van der Waals surface area contributed by atoms with Gasteiger partial charge in [-0.3, -0.25) is 0 Å². The lowest BCUT2D eigenvalue weighted by Crippen LogP contribution is -2.58. The summed E-state index contributed by atoms with van der Waals surface area (Å²) in [6.45, 7) is 7.92. The first-order chi connectivity index (χ1) is 13.1. The third-order valence-electron chi connectivity index (χ3n) is 5.95. The van der Waals surface area contributed by atoms with Crippen LogP contribution in [0.25, 0.3) is 0 Å². The van der Waals surface area contributed by atoms with Crippen molar-refractivity contribution in [2.45, 2.75) is 64.5 Å². The summed E-state index contributed by atoms with van der Waals surface area (Å²) in [5, 5.41) is 7.29. The van der Waals surface area contributed by atoms with Crippen LogP contribution in [-0.4, -0.2) is 19.8 Å². The first-order valence-electron chi connectivity index (χ1n) is 10.6. The number of rotatable bonds is 12. The fourth-order valence-electron chi connectivity index (χ4n) is 4.47. The van der Waals surface area contributed by atoms with Gasteiger partial charge in [0.15, 0.2) is 0 Å². The molecule has 0 saturated carbocycles. The SMILES string of the molecule is CCNC(NC)C(CCCCCc1ccccc1)(c1ccccc1)C(C)C.Cl.Cl. The van der Waals surface area contributed by atoms with E-state index in [1.54, 1.807) is 0 Å². The first kappa shape index (κ1) is 27.9. The summed E-state index contributed by atoms with van der Waals surface area (Å²) in [7, 11) is 2.09. The highest BCUT2D eigenvalue weighted by atomic mass is 35.5. The molecule has 0 spiro atoms. The second-order valence-electron chi connectivity index (χ2n) is 7.89. The summed E-state index contributed by atoms with van der Waals surface area (Å²) in [5.41, 5.74) is 3.00. The molecule has 164 valence electrons. The number of halogens is 2. The van der Waals surface area contributed by atoms with Gasteiger partial charge in [0, 0.05) is 5.41 Å². The Hall–Kier alpha value is -1.06. The lowest BCUT2D eigenvalue weighted by atomic mass is 9.66. The summed E-state index contributed by atoms with van der Waals surface area (Å²) in [6, 6.07) is 22.0. The standard InChI is InChI=1S/C25H38N2.2ClH/c1-5-27-24(26-4)25(21(2)3,23-18-12-7-13-19-23)20-14-8-11-17-22-15-9-6-10-16-22;;/h6-7,9-10,12-13,15-16,18-19,21,24,26-27H,5,8,11,14,17,20H2,1-4H3;2*1H. The van der Waals surface area contributed by atoms with Gasteiger partial charge in [-0.2, -0.15) is 0 Å². The number of unbranched alkanes of at least 4 members (excludes halogenated alkanes) is 2. The van der Waals surface area contributed by atoms with Crippen LogP contribution >= 0.6 is 24.8 Å². The average Bonchev–Trinajstić information content (AvgIpc) is 2.70. The van der Waals surface area contributed by atoms with Crippen LogP contribution < -0.4 is 10.6 Å². The van der Waals surface area contributed by atoms with Crippen LogP contribution in [0.4, 0.5) is 0 Å². The number of hydrogen-bond acceptors (Lipinski definition) is 2. The minimum Gasteiger partial charge on any atom is -0.304 e. The molecule has 0 heterocycles. The van der Waals surface area contributed by atoms with Crippen molar-refractivity contribution in [2.24, 2.45) is 5.92 Å². The fourth-order valence-corrected chi connectivity index (χ4v) is 4.47. The third-order valence-corrected chi connectivity index (χ3v) is 5.95. The zero-order valence-corrected chi connectivity index (χ0v) is 20.1. The summed E-state index contributed by atoms with van der Waals surface area (Å²) in [6.07, 6.45) is 6.45. The fraction of sp³-hybridized carbons (Fsp3) is 0.520. The molecule has 0 aliphatic carbocycles. The zero-order chi connectivity index (χ0) is 19.5. The highest BCUT2D eigenvalue weighted by Crippen LogP contribution is 2.40. The summed E-state index contributed by atoms with van der Waals surface area (Å²) < 4.78 is 0. The van der Waals surface area contributed by atoms with Gasteiger partial charge in [-0.1, -0.05) is 94.3 Å². The van der Waals surface area contributed by atoms with Crippen molar-refractivity contribution in [2.75, 3.05) is 13.6 Å². The van der Waals surface area contributed by atoms with Crippen molar-refractivity contribution < 1.29 is 0 Å². The smallest absolute Gasteiger partial charge is 0.0671 e. The Balaban J connectivity index is 0.00000392. The van der Waals surface area contributed by atoms with Gasteiger partial charge in [0.1, 0.15) is 0 Å². The van der Waals surface area contributed by atoms with Crippen molar-refractivity contribution in [3.05, 3.63) is 71.8 Å². The molecule has 0 bridgehead atoms. The van der Waals surface area contributed by atoms with Crippen molar-refractivity contribution >= 4 is 24.8 Å². The molecule has 0 fully saturated rings. The van der Waals surface area contributed by atoms with Gasteiger partial charge >= 0.3 is 0 Å². The van der Waals surface area contributed by atoms with Crippen LogP contribution in [-0.2, 0) is 11.8 Å². The van der Waals surface area contributed by atoms with Gasteiger partial charge in [0.25, 0.3) is 0 Å². The molecule has 0 aliphatic rings. The van der Waals surface area contributed by atoms with E-state index in [1.807, 2.05) is 0 Å². The molecule has 0 aliphatic heterocycles. The van der Waals surface area contributed by atoms with Crippen molar-refractivity contribution in [3.63, 3.8) is 0 Å². The normalized spacial score (nSPS) is 13.8. The molecule has 2 unspecified atom stereocenters. The molecule has 4 heteroatoms. The van der Waals surface area contributed by atoms with Crippen LogP contribution in [0.3, 0.4) is 0 Å². The molecule has 0 aromatic heterocycles. The summed E-state index contributed by atoms with van der Waals surface area (Å²) in [4.78, 5) is 0. The summed E-state index contributed by atoms with van der Waals surface area (Å²) in [5.74, 6) is 0.547. The Labute approximate surface area is 191 Å². The maximum atomic E-state index is 3.71. The minimum absolute atomic E-state index is 0. The lowest BCUT2D eigenvalue weighted by molar-refractivity contribution is 0.174. The molecule has 0 radical (unpaired) electrons. The van der Waals surface area contributed by atoms with Crippen molar-refractivity contribution in [1.29, 1.82) is 0 Å². The third kappa shape index (κ3) is 7.61. The minimum atomic E-state index is 0. The zero-order valence-electron chi connectivity index (χ0n) is 18.5. The maximum Gasteiger partial charge on any atom is 0.0671 e. The van der Waals surface area contributed by atoms with Gasteiger partial charge in [0.2, 0.25) is 0 Å². The number of nitrogens with one attached hydrogen (secondary N) is 2. The average molecular weight is 440 g/mol. The Kier molecular flexibility index (Phi) is 14.3. The van der Waals surface area contributed by atoms with E-state index in [0.29, 0.717) is 5.92 Å². The number of aryl methyl sites for hydroxylation is 1. The monoisotopic (exact) mass is 438 g/mol. The van der Waals surface area contributed by atoms with Gasteiger partial charge in [-0.05, 0) is 49.9 Å². The predicted molar refractivity (Wildman–Crippen MR) is 133 cm³/mol. The van der Waals surface area contributed by atoms with E-state index in [2.05, 4.69) is 99.1 Å². The molecule has 2 N–H and O–H groups in total. The van der Waals surface area contributed by atoms with Gasteiger partial charge < -0.3 is 10.6 Å². The molecule has 0 saturated heterocycles. The second-order valence-corrected chi connectivity index (χ2v) is 7.89. The molecule has 2 atom stereocenters. The van der Waals surface area contributed by atoms with Gasteiger partial charge in [-0.15, -0.1) is 24.8 Å². The molecule has 2 nitrogen and oxygen atoms in total. The molecular formula is C25H40Cl2N2. The second kappa shape index (κ2) is 14.8. The molecule has 2 aromatic rings. The molecule has 29 heavy (non-hydrogen) atoms. The van der Waals surface area contributed by atoms with E-state index >= 15 is 0 Å². The Morgan fingerprint density at radius 3 is 1.93 bits per heavy atom. The topological polar surface area (TPSA) is 24.1 Å². The van der Waals surface area contributed by atoms with E-state index in [9.17, 15) is 0 Å². The van der Waals surface area contributed by atoms with E-state index in [1.165, 1.54) is 43.2 Å². The quantitative estimate of drug-likeness (QED) is 0.296. The predicted octanol–water partition coefficient (Wildman–Crippen LogP) is 6.38. The van der Waals surface area contributed by atoms with Crippen LogP contribution in [0.1, 0.15) is 57.6 Å². The molecule has 2 aromatic carbocycles. The molecule has 2 rings (SSSR count). The van der Waals surface area contributed by atoms with E-state index in [4.69, 9.17) is 0 Å². The van der Waals surface area contributed by atoms with Crippen molar-refractivity contribution in [1.82, 2.24) is 10.6 Å². The summed E-state index contributed by atoms with van der Waals surface area (Å²) >= 11 is 0. The number of likely N-dealkylation sites (N-methyl/N-ethyl adjacent to an activating group) is 2. The van der Waals surface area contributed by atoms with Crippen LogP contribution in [0.15, 0.2) is 60.7 Å². The number of hydrogen-bond donors (Lipinski definition) is 2. The van der Waals surface area contributed by atoms with E-state index < -0.39 is 0 Å². The first-order valence-corrected chi connectivity index (χ1v) is 10.6. The van der Waals surface area contributed by atoms with Gasteiger partial charge in [-0.25, -0.2) is 0 Å². The Morgan fingerprint density at radius 1 is 0.828 bits per heavy atom. The van der Waals surface area contributed by atoms with Gasteiger partial charge in [0.05, 0.1) is 6.17 Å². The van der Waals surface area contributed by atoms with Crippen LogP contribution in [0.2, 0.25) is 0 Å². The van der Waals surface area contributed by atoms with Crippen molar-refractivity contribution in [3.8, 4) is 0 Å². The van der Waals surface area contributed by atoms with Crippen LogP contribution in [0, 0.1) is 5.92 Å².